The number of ketones is 1. The second-order valence-corrected chi connectivity index (χ2v) is 3.75. The molecule has 0 amide bonds. The van der Waals surface area contributed by atoms with Crippen LogP contribution in [0.2, 0.25) is 5.02 Å². The Morgan fingerprint density at radius 2 is 2.36 bits per heavy atom. The molecule has 0 bridgehead atoms. The van der Waals surface area contributed by atoms with Crippen molar-refractivity contribution in [2.24, 2.45) is 5.92 Å². The van der Waals surface area contributed by atoms with Crippen LogP contribution >= 0.6 is 11.6 Å². The van der Waals surface area contributed by atoms with E-state index in [-0.39, 0.29) is 11.7 Å². The van der Waals surface area contributed by atoms with E-state index in [0.717, 1.165) is 12.8 Å². The fraction of sp³-hybridized carbons (Fsp3) is 0.400. The van der Waals surface area contributed by atoms with Crippen molar-refractivity contribution >= 4 is 17.4 Å². The number of nitrogens with zero attached hydrogens (tertiary/aromatic N) is 1. The molecule has 1 aromatic heterocycles. The van der Waals surface area contributed by atoms with E-state index in [1.807, 2.05) is 0 Å². The number of carbonyl (C=O) groups is 1. The number of halogens is 1. The highest BCUT2D eigenvalue weighted by Crippen LogP contribution is 2.35. The van der Waals surface area contributed by atoms with Crippen LogP contribution in [0.15, 0.2) is 12.3 Å². The maximum absolute atomic E-state index is 11.7. The van der Waals surface area contributed by atoms with Gasteiger partial charge in [-0.15, -0.1) is 0 Å². The molecule has 0 atom stereocenters. The van der Waals surface area contributed by atoms with E-state index in [2.05, 4.69) is 4.98 Å². The third-order valence-corrected chi connectivity index (χ3v) is 2.55. The zero-order valence-electron chi connectivity index (χ0n) is 7.79. The molecular formula is C10H10ClNO2. The maximum Gasteiger partial charge on any atom is 0.213 e. The molecule has 0 radical (unpaired) electrons. The minimum atomic E-state index is 0.107. The zero-order chi connectivity index (χ0) is 10.1. The van der Waals surface area contributed by atoms with Crippen molar-refractivity contribution in [3.05, 3.63) is 22.8 Å². The SMILES string of the molecule is COc1cc(C(=O)C2CC2)c(Cl)cn1. The van der Waals surface area contributed by atoms with E-state index in [1.54, 1.807) is 6.07 Å². The summed E-state index contributed by atoms with van der Waals surface area (Å²) in [5.74, 6) is 0.703. The molecule has 1 heterocycles. The molecule has 0 unspecified atom stereocenters. The van der Waals surface area contributed by atoms with Gasteiger partial charge in [-0.2, -0.15) is 0 Å². The lowest BCUT2D eigenvalue weighted by atomic mass is 10.1. The number of methoxy groups -OCH3 is 1. The number of aromatic nitrogens is 1. The van der Waals surface area contributed by atoms with Crippen LogP contribution < -0.4 is 4.74 Å². The average Bonchev–Trinajstić information content (AvgIpc) is 3.01. The van der Waals surface area contributed by atoms with E-state index < -0.39 is 0 Å². The van der Waals surface area contributed by atoms with Crippen molar-refractivity contribution in [2.45, 2.75) is 12.8 Å². The third-order valence-electron chi connectivity index (χ3n) is 2.25. The largest absolute Gasteiger partial charge is 0.481 e. The number of hydrogen-bond donors (Lipinski definition) is 0. The molecule has 74 valence electrons. The van der Waals surface area contributed by atoms with Crippen LogP contribution in [-0.2, 0) is 0 Å². The molecule has 2 rings (SSSR count). The Kier molecular flexibility index (Phi) is 2.42. The van der Waals surface area contributed by atoms with Gasteiger partial charge < -0.3 is 4.74 Å². The predicted octanol–water partition coefficient (Wildman–Crippen LogP) is 2.34. The molecule has 4 heteroatoms. The highest BCUT2D eigenvalue weighted by atomic mass is 35.5. The number of ether oxygens (including phenoxy) is 1. The molecule has 0 N–H and O–H groups in total. The zero-order valence-corrected chi connectivity index (χ0v) is 8.54. The van der Waals surface area contributed by atoms with Crippen LogP contribution in [0.3, 0.4) is 0 Å². The van der Waals surface area contributed by atoms with Crippen LogP contribution in [0.1, 0.15) is 23.2 Å². The Balaban J connectivity index is 2.34. The summed E-state index contributed by atoms with van der Waals surface area (Å²) >= 11 is 5.88. The number of carbonyl (C=O) groups excluding carboxylic acids is 1. The molecule has 1 fully saturated rings. The standard InChI is InChI=1S/C10H10ClNO2/c1-14-9-4-7(8(11)5-12-9)10(13)6-2-3-6/h4-6H,2-3H2,1H3. The molecule has 1 aromatic rings. The van der Waals surface area contributed by atoms with E-state index in [0.29, 0.717) is 16.5 Å². The van der Waals surface area contributed by atoms with Gasteiger partial charge in [-0.05, 0) is 12.8 Å². The van der Waals surface area contributed by atoms with Crippen LogP contribution in [0.4, 0.5) is 0 Å². The summed E-state index contributed by atoms with van der Waals surface area (Å²) in [5, 5.41) is 0.405. The van der Waals surface area contributed by atoms with Crippen LogP contribution in [0.25, 0.3) is 0 Å². The first-order valence-electron chi connectivity index (χ1n) is 4.46. The monoisotopic (exact) mass is 211 g/mol. The molecule has 1 aliphatic rings. The van der Waals surface area contributed by atoms with Gasteiger partial charge in [-0.25, -0.2) is 4.98 Å². The molecule has 14 heavy (non-hydrogen) atoms. The van der Waals surface area contributed by atoms with Crippen molar-refractivity contribution in [2.75, 3.05) is 7.11 Å². The molecule has 0 aromatic carbocycles. The summed E-state index contributed by atoms with van der Waals surface area (Å²) in [6.45, 7) is 0. The minimum Gasteiger partial charge on any atom is -0.481 e. The maximum atomic E-state index is 11.7. The number of rotatable bonds is 3. The van der Waals surface area contributed by atoms with Crippen LogP contribution in [-0.4, -0.2) is 17.9 Å². The Bertz CT molecular complexity index is 374. The fourth-order valence-electron chi connectivity index (χ4n) is 1.29. The van der Waals surface area contributed by atoms with Crippen molar-refractivity contribution in [3.63, 3.8) is 0 Å². The van der Waals surface area contributed by atoms with Gasteiger partial charge in [0.05, 0.1) is 18.3 Å². The first-order chi connectivity index (χ1) is 6.72. The Morgan fingerprint density at radius 3 is 2.93 bits per heavy atom. The van der Waals surface area contributed by atoms with Gasteiger partial charge in [-0.3, -0.25) is 4.79 Å². The van der Waals surface area contributed by atoms with Crippen molar-refractivity contribution in [1.82, 2.24) is 4.98 Å². The Morgan fingerprint density at radius 1 is 1.64 bits per heavy atom. The van der Waals surface area contributed by atoms with Crippen LogP contribution in [0.5, 0.6) is 5.88 Å². The van der Waals surface area contributed by atoms with Gasteiger partial charge in [0, 0.05) is 17.5 Å². The van der Waals surface area contributed by atoms with E-state index in [4.69, 9.17) is 16.3 Å². The van der Waals surface area contributed by atoms with E-state index in [1.165, 1.54) is 13.3 Å². The lowest BCUT2D eigenvalue weighted by Crippen LogP contribution is -2.03. The van der Waals surface area contributed by atoms with Crippen molar-refractivity contribution in [1.29, 1.82) is 0 Å². The molecular weight excluding hydrogens is 202 g/mol. The van der Waals surface area contributed by atoms with E-state index >= 15 is 0 Å². The summed E-state index contributed by atoms with van der Waals surface area (Å²) in [6, 6.07) is 1.60. The number of Topliss-reactive ketones (excluding diaryl/α,β-unsaturated/α-hetero) is 1. The topological polar surface area (TPSA) is 39.2 Å². The lowest BCUT2D eigenvalue weighted by Gasteiger charge is -2.04. The number of pyridine rings is 1. The van der Waals surface area contributed by atoms with Gasteiger partial charge in [0.15, 0.2) is 5.78 Å². The van der Waals surface area contributed by atoms with Gasteiger partial charge >= 0.3 is 0 Å². The highest BCUT2D eigenvalue weighted by Gasteiger charge is 2.31. The predicted molar refractivity (Wildman–Crippen MR) is 52.9 cm³/mol. The number of hydrogen-bond acceptors (Lipinski definition) is 3. The quantitative estimate of drug-likeness (QED) is 0.721. The summed E-state index contributed by atoms with van der Waals surface area (Å²) in [6.07, 6.45) is 3.40. The molecule has 0 saturated heterocycles. The fourth-order valence-corrected chi connectivity index (χ4v) is 1.48. The third kappa shape index (κ3) is 1.73. The van der Waals surface area contributed by atoms with Crippen molar-refractivity contribution < 1.29 is 9.53 Å². The van der Waals surface area contributed by atoms with Gasteiger partial charge in [0.1, 0.15) is 0 Å². The van der Waals surface area contributed by atoms with Crippen LogP contribution in [0, 0.1) is 5.92 Å². The summed E-state index contributed by atoms with van der Waals surface area (Å²) in [7, 11) is 1.52. The van der Waals surface area contributed by atoms with Gasteiger partial charge in [0.2, 0.25) is 5.88 Å². The normalized spacial score (nSPS) is 15.3. The smallest absolute Gasteiger partial charge is 0.213 e. The minimum absolute atomic E-state index is 0.107. The molecule has 0 spiro atoms. The Labute approximate surface area is 87.0 Å². The second kappa shape index (κ2) is 3.58. The first kappa shape index (κ1) is 9.46. The molecule has 0 aliphatic heterocycles. The first-order valence-corrected chi connectivity index (χ1v) is 4.84. The van der Waals surface area contributed by atoms with E-state index in [9.17, 15) is 4.79 Å². The lowest BCUT2D eigenvalue weighted by molar-refractivity contribution is 0.0967. The molecule has 1 saturated carbocycles. The van der Waals surface area contributed by atoms with Crippen molar-refractivity contribution in [3.8, 4) is 5.88 Å². The Hall–Kier alpha value is -1.09. The molecule has 3 nitrogen and oxygen atoms in total. The summed E-state index contributed by atoms with van der Waals surface area (Å²) < 4.78 is 4.94. The second-order valence-electron chi connectivity index (χ2n) is 3.35. The highest BCUT2D eigenvalue weighted by molar-refractivity contribution is 6.34. The molecule has 1 aliphatic carbocycles. The average molecular weight is 212 g/mol. The summed E-state index contributed by atoms with van der Waals surface area (Å²) in [5.41, 5.74) is 0.529. The van der Waals surface area contributed by atoms with Gasteiger partial charge in [-0.1, -0.05) is 11.6 Å². The van der Waals surface area contributed by atoms with Gasteiger partial charge in [0.25, 0.3) is 0 Å². The summed E-state index contributed by atoms with van der Waals surface area (Å²) in [4.78, 5) is 15.6.